The molecule has 2 heterocycles. The lowest BCUT2D eigenvalue weighted by molar-refractivity contribution is -0.352. The summed E-state index contributed by atoms with van der Waals surface area (Å²) in [6.07, 6.45) is 0.874. The van der Waals surface area contributed by atoms with Gasteiger partial charge in [0.15, 0.2) is 11.6 Å². The largest absolute Gasteiger partial charge is 0.550 e. The molecule has 33 heavy (non-hydrogen) atoms. The quantitative estimate of drug-likeness (QED) is 0.308. The van der Waals surface area contributed by atoms with Crippen molar-refractivity contribution in [3.05, 3.63) is 36.3 Å². The van der Waals surface area contributed by atoms with E-state index < -0.39 is 47.0 Å². The molecule has 184 valence electrons. The lowest BCUT2D eigenvalue weighted by Gasteiger charge is -2.51. The van der Waals surface area contributed by atoms with Crippen LogP contribution in [0.15, 0.2) is 30.6 Å². The summed E-state index contributed by atoms with van der Waals surface area (Å²) in [6, 6.07) is 4.73. The van der Waals surface area contributed by atoms with Crippen molar-refractivity contribution in [2.45, 2.75) is 31.3 Å². The molecule has 2 unspecified atom stereocenters. The first-order valence-corrected chi connectivity index (χ1v) is 8.70. The molecule has 14 heteroatoms. The number of hydrogen-bond acceptors (Lipinski definition) is 11. The van der Waals surface area contributed by atoms with Gasteiger partial charge in [0, 0.05) is 18.6 Å². The van der Waals surface area contributed by atoms with Gasteiger partial charge in [0.2, 0.25) is 0 Å². The molecule has 13 N–H and O–H groups in total. The topological polar surface area (TPSA) is 298 Å². The van der Waals surface area contributed by atoms with Crippen LogP contribution in [0.3, 0.4) is 0 Å². The van der Waals surface area contributed by atoms with Gasteiger partial charge in [-0.2, -0.15) is 0 Å². The molecule has 2 atom stereocenters. The number of aliphatic carboxylic acids is 3. The van der Waals surface area contributed by atoms with Crippen molar-refractivity contribution in [1.82, 2.24) is 33.4 Å². The number of carbonyl (C=O) groups is 3. The number of carbonyl (C=O) groups excluding carboxylic acids is 3. The Balaban J connectivity index is 0. The minimum atomic E-state index is -3.50. The predicted octanol–water partition coefficient (Wildman–Crippen LogP) is -2.06. The molecule has 0 saturated heterocycles. The van der Waals surface area contributed by atoms with Crippen molar-refractivity contribution in [3.8, 4) is 17.3 Å². The average Bonchev–Trinajstić information content (AvgIpc) is 2.67. The van der Waals surface area contributed by atoms with E-state index in [1.54, 1.807) is 12.1 Å². The van der Waals surface area contributed by atoms with E-state index in [9.17, 15) is 34.8 Å². The van der Waals surface area contributed by atoms with Gasteiger partial charge < -0.3 is 58.0 Å². The van der Waals surface area contributed by atoms with E-state index in [2.05, 4.69) is 15.0 Å². The maximum Gasteiger partial charge on any atom is 0.178 e. The highest BCUT2D eigenvalue weighted by Gasteiger charge is 2.58. The number of aliphatic hydroxyl groups is 1. The molecule has 0 aliphatic heterocycles. The second-order valence-corrected chi connectivity index (χ2v) is 6.77. The third-order valence-electron chi connectivity index (χ3n) is 4.82. The highest BCUT2D eigenvalue weighted by molar-refractivity contribution is 5.94. The van der Waals surface area contributed by atoms with Crippen LogP contribution >= 0.6 is 0 Å². The Morgan fingerprint density at radius 3 is 2.06 bits per heavy atom. The molecule has 0 spiro atoms. The smallest absolute Gasteiger partial charge is 0.178 e. The lowest BCUT2D eigenvalue weighted by atomic mass is 9.61. The van der Waals surface area contributed by atoms with Crippen molar-refractivity contribution in [2.24, 2.45) is 5.92 Å². The molecular weight excluding hydrogens is 440 g/mol. The number of carboxylic acids is 3. The highest BCUT2D eigenvalue weighted by atomic mass is 16.5. The summed E-state index contributed by atoms with van der Waals surface area (Å²) in [6.45, 7) is 2.50. The maximum atomic E-state index is 12.4. The third-order valence-corrected chi connectivity index (χ3v) is 4.82. The predicted molar refractivity (Wildman–Crippen MR) is 111 cm³/mol. The van der Waals surface area contributed by atoms with Crippen LogP contribution in [0.4, 0.5) is 0 Å². The number of methoxy groups -OCH3 is 1. The molecule has 0 saturated carbocycles. The third kappa shape index (κ3) is 5.20. The van der Waals surface area contributed by atoms with Gasteiger partial charge in [-0.3, -0.25) is 4.98 Å². The zero-order valence-electron chi connectivity index (χ0n) is 19.3. The summed E-state index contributed by atoms with van der Waals surface area (Å²) in [7, 11) is 1.14. The molecule has 0 radical (unpaired) electrons. The van der Waals surface area contributed by atoms with Crippen LogP contribution in [0.1, 0.15) is 26.0 Å². The first-order valence-electron chi connectivity index (χ1n) is 8.70. The number of pyridine rings is 1. The van der Waals surface area contributed by atoms with Crippen LogP contribution in [-0.2, 0) is 19.8 Å². The zero-order valence-corrected chi connectivity index (χ0v) is 19.3. The highest BCUT2D eigenvalue weighted by Crippen LogP contribution is 2.46. The van der Waals surface area contributed by atoms with Crippen molar-refractivity contribution in [2.75, 3.05) is 7.11 Å². The second kappa shape index (κ2) is 11.8. The number of hydrogen-bond donors (Lipinski definition) is 4. The summed E-state index contributed by atoms with van der Waals surface area (Å²) in [5.41, 5.74) is -6.82. The Hall–Kier alpha value is -3.72. The van der Waals surface area contributed by atoms with E-state index in [1.807, 2.05) is 0 Å². The maximum absolute atomic E-state index is 12.4. The van der Waals surface area contributed by atoms with Crippen LogP contribution in [0.2, 0.25) is 0 Å². The van der Waals surface area contributed by atoms with Crippen molar-refractivity contribution >= 4 is 17.9 Å². The van der Waals surface area contributed by atoms with E-state index in [4.69, 9.17) is 4.74 Å². The normalized spacial score (nSPS) is 13.7. The minimum Gasteiger partial charge on any atom is -0.550 e. The van der Waals surface area contributed by atoms with Crippen molar-refractivity contribution in [1.29, 1.82) is 0 Å². The van der Waals surface area contributed by atoms with Crippen LogP contribution in [-0.4, -0.2) is 50.7 Å². The summed E-state index contributed by atoms with van der Waals surface area (Å²) in [5, 5.41) is 46.5. The molecule has 2 aromatic heterocycles. The number of ether oxygens (including phenoxy) is 1. The molecule has 0 bridgehead atoms. The number of carboxylic acid groups (broad SMARTS) is 3. The van der Waals surface area contributed by atoms with Gasteiger partial charge in [-0.05, 0) is 18.1 Å². The Kier molecular flexibility index (Phi) is 11.2. The van der Waals surface area contributed by atoms with Crippen LogP contribution in [0.25, 0.3) is 11.5 Å². The Bertz CT molecular complexity index is 974. The van der Waals surface area contributed by atoms with E-state index >= 15 is 0 Å². The molecule has 0 amide bonds. The summed E-state index contributed by atoms with van der Waals surface area (Å²) in [5.74, 6) is -8.17. The SMILES string of the molecule is COc1cnc(-c2ccccn2)nc1C(C(=O)[O-])(C(C)C)C(O)(CC(=O)[O-])C(=O)[O-].[NH4+].[NH4+].[NH4+]. The fraction of sp³-hybridized carbons (Fsp3) is 0.368. The van der Waals surface area contributed by atoms with Gasteiger partial charge >= 0.3 is 0 Å². The van der Waals surface area contributed by atoms with Gasteiger partial charge in [0.05, 0.1) is 30.7 Å². The minimum absolute atomic E-state index is 0. The van der Waals surface area contributed by atoms with Crippen molar-refractivity contribution in [3.63, 3.8) is 0 Å². The molecule has 2 rings (SSSR count). The van der Waals surface area contributed by atoms with Crippen LogP contribution in [0, 0.1) is 5.92 Å². The molecular formula is C19H30N6O8. The first-order chi connectivity index (χ1) is 14.0. The Labute approximate surface area is 189 Å². The fourth-order valence-electron chi connectivity index (χ4n) is 3.45. The molecule has 0 aliphatic rings. The number of quaternary nitrogens is 3. The molecule has 0 aliphatic carbocycles. The van der Waals surface area contributed by atoms with E-state index in [0.717, 1.165) is 13.3 Å². The second-order valence-electron chi connectivity index (χ2n) is 6.77. The van der Waals surface area contributed by atoms with E-state index in [-0.39, 0.29) is 35.7 Å². The Morgan fingerprint density at radius 1 is 1.06 bits per heavy atom. The van der Waals surface area contributed by atoms with Gasteiger partial charge in [0.1, 0.15) is 17.0 Å². The number of rotatable bonds is 9. The standard InChI is InChI=1S/C19H21N3O8.3H3N/c1-10(2)19(17(27)28,18(29,16(25)26)8-13(23)24)14-12(30-3)9-21-15(22-14)11-6-4-5-7-20-11;;;/h4-7,9-10,29H,8H2,1-3H3,(H,23,24)(H,25,26)(H,27,28);3*1H3. The fourth-order valence-corrected chi connectivity index (χ4v) is 3.45. The van der Waals surface area contributed by atoms with Crippen molar-refractivity contribution < 1.29 is 39.5 Å². The van der Waals surface area contributed by atoms with Crippen LogP contribution < -0.4 is 38.5 Å². The van der Waals surface area contributed by atoms with E-state index in [1.165, 1.54) is 26.1 Å². The summed E-state index contributed by atoms with van der Waals surface area (Å²) < 4.78 is 5.10. The molecule has 2 aromatic rings. The Morgan fingerprint density at radius 2 is 1.67 bits per heavy atom. The average molecular weight is 470 g/mol. The molecule has 0 aromatic carbocycles. The monoisotopic (exact) mass is 470 g/mol. The zero-order chi connectivity index (χ0) is 22.7. The summed E-state index contributed by atoms with van der Waals surface area (Å²) in [4.78, 5) is 47.7. The lowest BCUT2D eigenvalue weighted by Crippen LogP contribution is -2.71. The number of nitrogens with zero attached hydrogens (tertiary/aromatic N) is 3. The van der Waals surface area contributed by atoms with Crippen LogP contribution in [0.5, 0.6) is 5.75 Å². The van der Waals surface area contributed by atoms with Gasteiger partial charge in [-0.25, -0.2) is 9.97 Å². The van der Waals surface area contributed by atoms with Gasteiger partial charge in [-0.15, -0.1) is 0 Å². The molecule has 14 nitrogen and oxygen atoms in total. The van der Waals surface area contributed by atoms with Gasteiger partial charge in [-0.1, -0.05) is 19.9 Å². The van der Waals surface area contributed by atoms with E-state index in [0.29, 0.717) is 0 Å². The number of aromatic nitrogens is 3. The first kappa shape index (κ1) is 31.5. The molecule has 0 fully saturated rings. The summed E-state index contributed by atoms with van der Waals surface area (Å²) >= 11 is 0. The van der Waals surface area contributed by atoms with Gasteiger partial charge in [0.25, 0.3) is 0 Å².